The molecule has 3 N–H and O–H groups in total. The molecule has 0 saturated carbocycles. The standard InChI is InChI=1S/C79H154O17P2/c1-8-10-11-12-13-39-46-53-60-76(81)89-66-74(95-79(84)63-56-49-42-35-29-28-32-38-45-52-59-72(7)9-2)68-93-97(85,86)91-64-73(80)65-92-98(87,88)94-69-75(96-78(83)62-55-48-41-34-27-23-19-15-17-21-25-31-37-44-51-58-71(5)6)67-90-77(82)61-54-47-40-33-26-22-18-14-16-20-24-30-36-43-50-57-70(3)4/h70-75,80H,8-69H2,1-7H3,(H,85,86)(H,87,88)/t72?,73-,74+,75+/m0/s1. The number of phosphoric acid groups is 2. The van der Waals surface area contributed by atoms with Crippen molar-refractivity contribution in [3.05, 3.63) is 0 Å². The summed E-state index contributed by atoms with van der Waals surface area (Å²) in [7, 11) is -9.91. The summed E-state index contributed by atoms with van der Waals surface area (Å²) in [4.78, 5) is 72.9. The Labute approximate surface area is 600 Å². The monoisotopic (exact) mass is 1440 g/mol. The van der Waals surface area contributed by atoms with Crippen LogP contribution in [0.5, 0.6) is 0 Å². The Bertz CT molecular complexity index is 1910. The SMILES string of the molecule is CCCCCCCCCCC(=O)OC[C@H](COP(=O)(O)OC[C@H](O)COP(=O)(O)OC[C@@H](COC(=O)CCCCCCCCCCCCCCCCCC(C)C)OC(=O)CCCCCCCCCCCCCCCCCC(C)C)OC(=O)CCCCCCCCCCCCC(C)CC. The minimum Gasteiger partial charge on any atom is -0.462 e. The van der Waals surface area contributed by atoms with Gasteiger partial charge in [-0.2, -0.15) is 0 Å². The first-order valence-corrected chi connectivity index (χ1v) is 43.9. The van der Waals surface area contributed by atoms with E-state index in [0.29, 0.717) is 25.7 Å². The quantitative estimate of drug-likeness (QED) is 0.0222. The molecule has 0 aromatic carbocycles. The molecule has 98 heavy (non-hydrogen) atoms. The molecular weight excluding hydrogens is 1280 g/mol. The first-order valence-electron chi connectivity index (χ1n) is 40.9. The second kappa shape index (κ2) is 69.4. The van der Waals surface area contributed by atoms with Gasteiger partial charge in [0.05, 0.1) is 26.4 Å². The molecule has 0 rings (SSSR count). The molecule has 0 spiro atoms. The van der Waals surface area contributed by atoms with Crippen LogP contribution >= 0.6 is 15.6 Å². The molecule has 0 radical (unpaired) electrons. The zero-order chi connectivity index (χ0) is 72.3. The molecule has 6 atom stereocenters. The minimum atomic E-state index is -4.96. The van der Waals surface area contributed by atoms with Crippen molar-refractivity contribution < 1.29 is 80.2 Å². The molecule has 0 aromatic rings. The van der Waals surface area contributed by atoms with Crippen LogP contribution in [0, 0.1) is 17.8 Å². The molecule has 17 nitrogen and oxygen atoms in total. The van der Waals surface area contributed by atoms with Crippen LogP contribution in [0.2, 0.25) is 0 Å². The van der Waals surface area contributed by atoms with Crippen molar-refractivity contribution in [2.24, 2.45) is 17.8 Å². The molecule has 0 aliphatic rings. The van der Waals surface area contributed by atoms with Gasteiger partial charge in [0.15, 0.2) is 12.2 Å². The highest BCUT2D eigenvalue weighted by Gasteiger charge is 2.30. The molecular formula is C79H154O17P2. The van der Waals surface area contributed by atoms with E-state index in [-0.39, 0.29) is 25.7 Å². The average Bonchev–Trinajstić information content (AvgIpc) is 0.958. The predicted molar refractivity (Wildman–Crippen MR) is 400 cm³/mol. The maximum Gasteiger partial charge on any atom is 0.472 e. The Morgan fingerprint density at radius 2 is 0.520 bits per heavy atom. The van der Waals surface area contributed by atoms with Gasteiger partial charge < -0.3 is 33.8 Å². The Morgan fingerprint density at radius 3 is 0.776 bits per heavy atom. The highest BCUT2D eigenvalue weighted by Crippen LogP contribution is 2.45. The zero-order valence-corrected chi connectivity index (χ0v) is 66.0. The summed E-state index contributed by atoms with van der Waals surface area (Å²) < 4.78 is 68.6. The van der Waals surface area contributed by atoms with E-state index in [1.165, 1.54) is 212 Å². The van der Waals surface area contributed by atoms with Crippen molar-refractivity contribution in [3.63, 3.8) is 0 Å². The number of carbonyl (C=O) groups excluding carboxylic acids is 4. The van der Waals surface area contributed by atoms with Crippen LogP contribution in [-0.2, 0) is 65.4 Å². The van der Waals surface area contributed by atoms with Crippen molar-refractivity contribution in [1.82, 2.24) is 0 Å². The largest absolute Gasteiger partial charge is 0.472 e. The van der Waals surface area contributed by atoms with Gasteiger partial charge in [0.1, 0.15) is 19.3 Å². The van der Waals surface area contributed by atoms with E-state index in [0.717, 1.165) is 114 Å². The fraction of sp³-hybridized carbons (Fsp3) is 0.949. The van der Waals surface area contributed by atoms with Crippen molar-refractivity contribution in [1.29, 1.82) is 0 Å². The van der Waals surface area contributed by atoms with Crippen LogP contribution in [0.4, 0.5) is 0 Å². The third-order valence-corrected chi connectivity index (χ3v) is 20.6. The van der Waals surface area contributed by atoms with Gasteiger partial charge in [-0.3, -0.25) is 37.3 Å². The van der Waals surface area contributed by atoms with Gasteiger partial charge in [-0.1, -0.05) is 357 Å². The highest BCUT2D eigenvalue weighted by atomic mass is 31.2. The highest BCUT2D eigenvalue weighted by molar-refractivity contribution is 7.47. The van der Waals surface area contributed by atoms with E-state index in [1.807, 2.05) is 0 Å². The molecule has 0 aromatic heterocycles. The van der Waals surface area contributed by atoms with E-state index in [4.69, 9.17) is 37.0 Å². The molecule has 0 heterocycles. The molecule has 0 fully saturated rings. The fourth-order valence-corrected chi connectivity index (χ4v) is 13.7. The summed E-state index contributed by atoms with van der Waals surface area (Å²) in [5.74, 6) is 0.297. The summed E-state index contributed by atoms with van der Waals surface area (Å²) >= 11 is 0. The lowest BCUT2D eigenvalue weighted by molar-refractivity contribution is -0.161. The normalized spacial score (nSPS) is 14.3. The van der Waals surface area contributed by atoms with Crippen LogP contribution in [0.15, 0.2) is 0 Å². The van der Waals surface area contributed by atoms with E-state index in [1.54, 1.807) is 0 Å². The molecule has 0 bridgehead atoms. The first kappa shape index (κ1) is 96.1. The average molecular weight is 1440 g/mol. The van der Waals surface area contributed by atoms with Crippen LogP contribution < -0.4 is 0 Å². The third-order valence-electron chi connectivity index (χ3n) is 18.7. The van der Waals surface area contributed by atoms with Crippen LogP contribution in [-0.4, -0.2) is 96.7 Å². The Hall–Kier alpha value is -1.94. The summed E-state index contributed by atoms with van der Waals surface area (Å²) in [6.07, 6.45) is 56.8. The summed E-state index contributed by atoms with van der Waals surface area (Å²) in [6.45, 7) is 12.0. The molecule has 582 valence electrons. The number of phosphoric ester groups is 2. The van der Waals surface area contributed by atoms with Crippen LogP contribution in [0.3, 0.4) is 0 Å². The van der Waals surface area contributed by atoms with Crippen molar-refractivity contribution in [2.45, 2.75) is 426 Å². The second-order valence-electron chi connectivity index (χ2n) is 29.6. The predicted octanol–water partition coefficient (Wildman–Crippen LogP) is 23.4. The topological polar surface area (TPSA) is 237 Å². The zero-order valence-electron chi connectivity index (χ0n) is 64.3. The third kappa shape index (κ3) is 71.1. The number of unbranched alkanes of at least 4 members (excludes halogenated alkanes) is 44. The summed E-state index contributed by atoms with van der Waals surface area (Å²) in [5, 5.41) is 10.6. The van der Waals surface area contributed by atoms with Crippen LogP contribution in [0.25, 0.3) is 0 Å². The van der Waals surface area contributed by atoms with E-state index in [9.17, 15) is 43.2 Å². The molecule has 19 heteroatoms. The first-order chi connectivity index (χ1) is 47.3. The number of hydrogen-bond acceptors (Lipinski definition) is 15. The number of rotatable bonds is 77. The smallest absolute Gasteiger partial charge is 0.462 e. The van der Waals surface area contributed by atoms with E-state index in [2.05, 4.69) is 48.5 Å². The molecule has 0 aliphatic heterocycles. The molecule has 0 aliphatic carbocycles. The maximum absolute atomic E-state index is 13.1. The number of hydrogen-bond donors (Lipinski definition) is 3. The Morgan fingerprint density at radius 1 is 0.296 bits per heavy atom. The van der Waals surface area contributed by atoms with Crippen LogP contribution in [0.1, 0.15) is 408 Å². The van der Waals surface area contributed by atoms with Gasteiger partial charge in [-0.15, -0.1) is 0 Å². The van der Waals surface area contributed by atoms with Gasteiger partial charge in [-0.25, -0.2) is 9.13 Å². The lowest BCUT2D eigenvalue weighted by Crippen LogP contribution is -2.30. The summed E-state index contributed by atoms with van der Waals surface area (Å²) in [6, 6.07) is 0. The maximum atomic E-state index is 13.1. The number of ether oxygens (including phenoxy) is 4. The van der Waals surface area contributed by atoms with Gasteiger partial charge in [0.25, 0.3) is 0 Å². The number of aliphatic hydroxyl groups excluding tert-OH is 1. The van der Waals surface area contributed by atoms with Crippen molar-refractivity contribution in [2.75, 3.05) is 39.6 Å². The molecule has 0 amide bonds. The second-order valence-corrected chi connectivity index (χ2v) is 32.6. The lowest BCUT2D eigenvalue weighted by Gasteiger charge is -2.21. The van der Waals surface area contributed by atoms with Crippen molar-refractivity contribution in [3.8, 4) is 0 Å². The van der Waals surface area contributed by atoms with Crippen molar-refractivity contribution >= 4 is 39.5 Å². The minimum absolute atomic E-state index is 0.106. The molecule has 3 unspecified atom stereocenters. The van der Waals surface area contributed by atoms with E-state index < -0.39 is 97.5 Å². The Kier molecular flexibility index (Phi) is 68.1. The summed E-state index contributed by atoms with van der Waals surface area (Å²) in [5.41, 5.74) is 0. The number of aliphatic hydroxyl groups is 1. The Balaban J connectivity index is 5.21. The number of esters is 4. The van der Waals surface area contributed by atoms with Gasteiger partial charge in [-0.05, 0) is 43.4 Å². The number of carbonyl (C=O) groups is 4. The van der Waals surface area contributed by atoms with Gasteiger partial charge in [0, 0.05) is 25.7 Å². The van der Waals surface area contributed by atoms with Gasteiger partial charge in [0.2, 0.25) is 0 Å². The van der Waals surface area contributed by atoms with E-state index >= 15 is 0 Å². The fourth-order valence-electron chi connectivity index (χ4n) is 12.1. The van der Waals surface area contributed by atoms with Gasteiger partial charge >= 0.3 is 39.5 Å². The molecule has 0 saturated heterocycles. The lowest BCUT2D eigenvalue weighted by atomic mass is 9.99.